The van der Waals surface area contributed by atoms with Gasteiger partial charge in [0.1, 0.15) is 21.5 Å². The minimum atomic E-state index is -0.250. The fourth-order valence-corrected chi connectivity index (χ4v) is 4.92. The van der Waals surface area contributed by atoms with Crippen LogP contribution in [0.1, 0.15) is 30.5 Å². The van der Waals surface area contributed by atoms with Crippen molar-refractivity contribution in [3.8, 4) is 5.75 Å². The second kappa shape index (κ2) is 9.99. The maximum Gasteiger partial charge on any atom is 0.267 e. The van der Waals surface area contributed by atoms with Crippen LogP contribution in [0.5, 0.6) is 5.75 Å². The Kier molecular flexibility index (Phi) is 7.04. The average Bonchev–Trinajstić information content (AvgIpc) is 3.07. The molecule has 1 amide bonds. The molecule has 0 atom stereocenters. The highest BCUT2D eigenvalue weighted by Crippen LogP contribution is 2.33. The average molecular weight is 495 g/mol. The summed E-state index contributed by atoms with van der Waals surface area (Å²) >= 11 is 6.64. The molecule has 2 aromatic heterocycles. The van der Waals surface area contributed by atoms with E-state index in [-0.39, 0.29) is 17.4 Å². The molecule has 0 spiro atoms. The fourth-order valence-electron chi connectivity index (χ4n) is 3.66. The van der Waals surface area contributed by atoms with Crippen LogP contribution in [0.15, 0.2) is 52.3 Å². The van der Waals surface area contributed by atoms with E-state index in [4.69, 9.17) is 21.9 Å². The Morgan fingerprint density at radius 2 is 1.94 bits per heavy atom. The molecule has 1 aliphatic heterocycles. The molecule has 9 heteroatoms. The molecule has 3 aromatic rings. The van der Waals surface area contributed by atoms with Crippen molar-refractivity contribution >= 4 is 51.7 Å². The molecular formula is C25H26N4O3S2. The van der Waals surface area contributed by atoms with E-state index in [1.165, 1.54) is 16.2 Å². The third-order valence-electron chi connectivity index (χ3n) is 5.40. The van der Waals surface area contributed by atoms with E-state index in [0.29, 0.717) is 39.3 Å². The Morgan fingerprint density at radius 1 is 1.21 bits per heavy atom. The van der Waals surface area contributed by atoms with Gasteiger partial charge in [-0.2, -0.15) is 0 Å². The van der Waals surface area contributed by atoms with Gasteiger partial charge >= 0.3 is 0 Å². The highest BCUT2D eigenvalue weighted by Gasteiger charge is 2.33. The Morgan fingerprint density at radius 3 is 2.62 bits per heavy atom. The first kappa shape index (κ1) is 24.0. The summed E-state index contributed by atoms with van der Waals surface area (Å²) in [6, 6.07) is 11.4. The van der Waals surface area contributed by atoms with Gasteiger partial charge in [-0.1, -0.05) is 56.0 Å². The lowest BCUT2D eigenvalue weighted by molar-refractivity contribution is -0.122. The summed E-state index contributed by atoms with van der Waals surface area (Å²) in [7, 11) is 1.62. The number of thiocarbonyl (C=S) groups is 1. The molecule has 1 aromatic carbocycles. The topological polar surface area (TPSA) is 75.9 Å². The van der Waals surface area contributed by atoms with E-state index in [0.717, 1.165) is 16.9 Å². The van der Waals surface area contributed by atoms with Crippen LogP contribution in [0.2, 0.25) is 0 Å². The van der Waals surface area contributed by atoms with Crippen LogP contribution in [-0.4, -0.2) is 38.2 Å². The quantitative estimate of drug-likeness (QED) is 0.383. The van der Waals surface area contributed by atoms with Crippen molar-refractivity contribution in [1.29, 1.82) is 0 Å². The van der Waals surface area contributed by atoms with Crippen LogP contribution in [-0.2, 0) is 11.3 Å². The number of amides is 1. The maximum absolute atomic E-state index is 13.5. The Hall–Kier alpha value is -3.17. The molecule has 1 aliphatic rings. The molecule has 0 aliphatic carbocycles. The van der Waals surface area contributed by atoms with Crippen LogP contribution >= 0.6 is 24.0 Å². The highest BCUT2D eigenvalue weighted by atomic mass is 32.2. The van der Waals surface area contributed by atoms with Crippen molar-refractivity contribution in [1.82, 2.24) is 14.3 Å². The lowest BCUT2D eigenvalue weighted by atomic mass is 10.2. The fraction of sp³-hybridized carbons (Fsp3) is 0.280. The molecule has 4 rings (SSSR count). The Balaban J connectivity index is 1.76. The zero-order valence-corrected chi connectivity index (χ0v) is 21.1. The van der Waals surface area contributed by atoms with Crippen molar-refractivity contribution < 1.29 is 9.53 Å². The lowest BCUT2D eigenvalue weighted by Crippen LogP contribution is -2.31. The summed E-state index contributed by atoms with van der Waals surface area (Å²) in [5.74, 6) is 1.29. The molecule has 0 saturated carbocycles. The van der Waals surface area contributed by atoms with Gasteiger partial charge in [0.05, 0.1) is 17.6 Å². The van der Waals surface area contributed by atoms with Gasteiger partial charge in [-0.25, -0.2) is 4.98 Å². The number of thioether (sulfide) groups is 1. The van der Waals surface area contributed by atoms with E-state index in [2.05, 4.69) is 5.32 Å². The molecule has 7 nitrogen and oxygen atoms in total. The van der Waals surface area contributed by atoms with E-state index in [1.54, 1.807) is 24.3 Å². The van der Waals surface area contributed by atoms with Gasteiger partial charge in [0, 0.05) is 19.3 Å². The number of carbonyl (C=O) groups excluding carboxylic acids is 1. The number of benzene rings is 1. The molecule has 176 valence electrons. The van der Waals surface area contributed by atoms with Gasteiger partial charge in [0.2, 0.25) is 0 Å². The third-order valence-corrected chi connectivity index (χ3v) is 6.78. The molecule has 34 heavy (non-hydrogen) atoms. The predicted molar refractivity (Wildman–Crippen MR) is 141 cm³/mol. The number of carbonyl (C=O) groups is 1. The Labute approximate surface area is 207 Å². The summed E-state index contributed by atoms with van der Waals surface area (Å²) in [6.45, 7) is 6.97. The minimum Gasteiger partial charge on any atom is -0.497 e. The summed E-state index contributed by atoms with van der Waals surface area (Å²) in [5, 5.41) is 3.29. The number of ether oxygens (including phenoxy) is 1. The molecule has 0 radical (unpaired) electrons. The van der Waals surface area contributed by atoms with Crippen molar-refractivity contribution in [2.24, 2.45) is 5.92 Å². The predicted octanol–water partition coefficient (Wildman–Crippen LogP) is 4.48. The number of fused-ring (bicyclic) bond motifs is 1. The van der Waals surface area contributed by atoms with Crippen LogP contribution < -0.4 is 15.6 Å². The lowest BCUT2D eigenvalue weighted by Gasteiger charge is -2.16. The number of methoxy groups -OCH3 is 1. The summed E-state index contributed by atoms with van der Waals surface area (Å²) in [4.78, 5) is 33.3. The molecule has 1 fully saturated rings. The molecule has 3 heterocycles. The van der Waals surface area contributed by atoms with Crippen LogP contribution in [0.25, 0.3) is 11.7 Å². The SMILES string of the molecule is COc1ccc(CNc2nc3c(C)cccn3c(=O)c2/C=C2\SC(=S)N(CC(C)C)C2=O)cc1. The van der Waals surface area contributed by atoms with Crippen molar-refractivity contribution in [2.45, 2.75) is 27.3 Å². The standard InChI is InChI=1S/C25H26N4O3S2/c1-15(2)14-29-24(31)20(34-25(29)33)12-19-21(26-13-17-7-9-18(32-4)10-8-17)27-22-16(3)6-5-11-28(22)23(19)30/h5-12,15,26H,13-14H2,1-4H3/b20-12-. The van der Waals surface area contributed by atoms with Crippen LogP contribution in [0.4, 0.5) is 5.82 Å². The highest BCUT2D eigenvalue weighted by molar-refractivity contribution is 8.26. The molecular weight excluding hydrogens is 468 g/mol. The van der Waals surface area contributed by atoms with Gasteiger partial charge in [-0.05, 0) is 48.2 Å². The van der Waals surface area contributed by atoms with Gasteiger partial charge in [0.15, 0.2) is 0 Å². The first-order chi connectivity index (χ1) is 16.3. The first-order valence-corrected chi connectivity index (χ1v) is 12.1. The minimum absolute atomic E-state index is 0.182. The molecule has 1 N–H and O–H groups in total. The molecule has 1 saturated heterocycles. The number of rotatable bonds is 7. The summed E-state index contributed by atoms with van der Waals surface area (Å²) < 4.78 is 7.23. The number of aryl methyl sites for hydroxylation is 1. The number of anilines is 1. The monoisotopic (exact) mass is 494 g/mol. The van der Waals surface area contributed by atoms with Gasteiger partial charge in [-0.15, -0.1) is 0 Å². The van der Waals surface area contributed by atoms with E-state index < -0.39 is 0 Å². The van der Waals surface area contributed by atoms with Gasteiger partial charge < -0.3 is 10.1 Å². The van der Waals surface area contributed by atoms with Crippen LogP contribution in [0, 0.1) is 12.8 Å². The second-order valence-corrected chi connectivity index (χ2v) is 10.1. The normalized spacial score (nSPS) is 15.1. The van der Waals surface area contributed by atoms with E-state index in [9.17, 15) is 9.59 Å². The number of hydrogen-bond acceptors (Lipinski definition) is 7. The van der Waals surface area contributed by atoms with Crippen molar-refractivity contribution in [3.63, 3.8) is 0 Å². The number of nitrogens with one attached hydrogen (secondary N) is 1. The zero-order valence-electron chi connectivity index (χ0n) is 19.5. The smallest absolute Gasteiger partial charge is 0.267 e. The van der Waals surface area contributed by atoms with E-state index >= 15 is 0 Å². The second-order valence-electron chi connectivity index (χ2n) is 8.45. The zero-order chi connectivity index (χ0) is 24.4. The third kappa shape index (κ3) is 4.85. The largest absolute Gasteiger partial charge is 0.497 e. The maximum atomic E-state index is 13.5. The van der Waals surface area contributed by atoms with Crippen molar-refractivity contribution in [3.05, 3.63) is 74.5 Å². The first-order valence-electron chi connectivity index (χ1n) is 10.9. The molecule has 0 bridgehead atoms. The summed E-state index contributed by atoms with van der Waals surface area (Å²) in [6.07, 6.45) is 3.30. The number of hydrogen-bond donors (Lipinski definition) is 1. The van der Waals surface area contributed by atoms with Gasteiger partial charge in [-0.3, -0.25) is 18.9 Å². The Bertz CT molecular complexity index is 1350. The number of aromatic nitrogens is 2. The summed E-state index contributed by atoms with van der Waals surface area (Å²) in [5.41, 5.74) is 2.51. The number of nitrogens with zero attached hydrogens (tertiary/aromatic N) is 3. The van der Waals surface area contributed by atoms with E-state index in [1.807, 2.05) is 57.2 Å². The number of pyridine rings is 1. The molecule has 0 unspecified atom stereocenters. The van der Waals surface area contributed by atoms with Gasteiger partial charge in [0.25, 0.3) is 11.5 Å². The van der Waals surface area contributed by atoms with Crippen LogP contribution in [0.3, 0.4) is 0 Å². The van der Waals surface area contributed by atoms with Crippen molar-refractivity contribution in [2.75, 3.05) is 19.0 Å².